The van der Waals surface area contributed by atoms with Gasteiger partial charge in [-0.15, -0.1) is 0 Å². The Morgan fingerprint density at radius 2 is 1.92 bits per heavy atom. The van der Waals surface area contributed by atoms with Gasteiger partial charge in [-0.05, 0) is 49.6 Å². The third kappa shape index (κ3) is 4.27. The second kappa shape index (κ2) is 7.80. The van der Waals surface area contributed by atoms with Crippen LogP contribution in [0.2, 0.25) is 5.02 Å². The number of nitrogens with zero attached hydrogens (tertiary/aromatic N) is 1. The number of carbonyl (C=O) groups is 1. The molecule has 0 aromatic heterocycles. The number of hydrogen-bond donors (Lipinski definition) is 0. The lowest BCUT2D eigenvalue weighted by atomic mass is 10.1. The Bertz CT molecular complexity index is 894. The van der Waals surface area contributed by atoms with Crippen molar-refractivity contribution in [2.24, 2.45) is 0 Å². The molecule has 1 fully saturated rings. The molecular formula is C20H22ClNO3S. The summed E-state index contributed by atoms with van der Waals surface area (Å²) in [6.07, 6.45) is 1.55. The largest absolute Gasteiger partial charge is 0.341 e. The van der Waals surface area contributed by atoms with E-state index in [2.05, 4.69) is 6.07 Å². The minimum atomic E-state index is -3.45. The Morgan fingerprint density at radius 3 is 2.62 bits per heavy atom. The van der Waals surface area contributed by atoms with Gasteiger partial charge in [0.05, 0.1) is 10.1 Å². The first-order valence-electron chi connectivity index (χ1n) is 8.69. The van der Waals surface area contributed by atoms with Crippen LogP contribution in [-0.2, 0) is 21.1 Å². The van der Waals surface area contributed by atoms with Gasteiger partial charge in [-0.3, -0.25) is 4.79 Å². The molecule has 0 aliphatic carbocycles. The maximum Gasteiger partial charge on any atom is 0.222 e. The van der Waals surface area contributed by atoms with Crippen LogP contribution >= 0.6 is 11.6 Å². The Kier molecular flexibility index (Phi) is 5.68. The molecule has 1 amide bonds. The summed E-state index contributed by atoms with van der Waals surface area (Å²) in [5.41, 5.74) is 2.30. The van der Waals surface area contributed by atoms with Gasteiger partial charge in [0, 0.05) is 24.5 Å². The molecule has 1 atom stereocenters. The highest BCUT2D eigenvalue weighted by Gasteiger charge is 2.35. The zero-order valence-electron chi connectivity index (χ0n) is 14.7. The molecule has 1 heterocycles. The fraction of sp³-hybridized carbons (Fsp3) is 0.350. The summed E-state index contributed by atoms with van der Waals surface area (Å²) in [7, 11) is -3.45. The van der Waals surface area contributed by atoms with Crippen molar-refractivity contribution in [2.75, 3.05) is 13.1 Å². The van der Waals surface area contributed by atoms with Crippen molar-refractivity contribution in [1.82, 2.24) is 4.90 Å². The highest BCUT2D eigenvalue weighted by molar-refractivity contribution is 7.92. The predicted molar refractivity (Wildman–Crippen MR) is 103 cm³/mol. The number of carbonyl (C=O) groups excluding carboxylic acids is 1. The molecule has 1 unspecified atom stereocenters. The number of likely N-dealkylation sites (tertiary alicyclic amines) is 1. The van der Waals surface area contributed by atoms with Gasteiger partial charge in [-0.2, -0.15) is 0 Å². The Labute approximate surface area is 159 Å². The minimum absolute atomic E-state index is 0.0142. The lowest BCUT2D eigenvalue weighted by molar-refractivity contribution is -0.130. The van der Waals surface area contributed by atoms with E-state index in [1.54, 1.807) is 17.0 Å². The lowest BCUT2D eigenvalue weighted by Gasteiger charge is -2.17. The first-order chi connectivity index (χ1) is 12.4. The number of aryl methyl sites for hydroxylation is 2. The summed E-state index contributed by atoms with van der Waals surface area (Å²) in [5.74, 6) is 0.0142. The van der Waals surface area contributed by atoms with E-state index in [4.69, 9.17) is 11.6 Å². The number of amides is 1. The summed E-state index contributed by atoms with van der Waals surface area (Å²) in [6.45, 7) is 2.78. The minimum Gasteiger partial charge on any atom is -0.341 e. The Hall–Kier alpha value is -1.85. The Morgan fingerprint density at radius 1 is 1.19 bits per heavy atom. The Balaban J connectivity index is 1.60. The average molecular weight is 392 g/mol. The molecule has 0 saturated carbocycles. The van der Waals surface area contributed by atoms with Crippen LogP contribution < -0.4 is 0 Å². The van der Waals surface area contributed by atoms with E-state index in [-0.39, 0.29) is 17.3 Å². The molecule has 26 heavy (non-hydrogen) atoms. The van der Waals surface area contributed by atoms with Crippen molar-refractivity contribution in [3.05, 3.63) is 64.7 Å². The molecule has 6 heteroatoms. The highest BCUT2D eigenvalue weighted by Crippen LogP contribution is 2.25. The van der Waals surface area contributed by atoms with Crippen LogP contribution in [0.1, 0.15) is 24.0 Å². The van der Waals surface area contributed by atoms with E-state index in [9.17, 15) is 13.2 Å². The van der Waals surface area contributed by atoms with Crippen LogP contribution in [0.25, 0.3) is 0 Å². The molecule has 1 aliphatic heterocycles. The molecule has 2 aromatic rings. The molecule has 0 N–H and O–H groups in total. The maximum atomic E-state index is 12.7. The zero-order chi connectivity index (χ0) is 18.7. The van der Waals surface area contributed by atoms with Crippen LogP contribution in [-0.4, -0.2) is 37.6 Å². The standard InChI is InChI=1S/C20H22ClNO3S/c1-15-3-2-4-16(13-15)5-10-20(23)22-12-11-19(14-22)26(24,25)18-8-6-17(21)7-9-18/h2-4,6-9,13,19H,5,10-12,14H2,1H3. The fourth-order valence-corrected chi connectivity index (χ4v) is 5.12. The first-order valence-corrected chi connectivity index (χ1v) is 10.6. The molecule has 1 aliphatic rings. The van der Waals surface area contributed by atoms with Crippen molar-refractivity contribution in [1.29, 1.82) is 0 Å². The molecular weight excluding hydrogens is 370 g/mol. The second-order valence-corrected chi connectivity index (χ2v) is 9.40. The van der Waals surface area contributed by atoms with Gasteiger partial charge in [-0.1, -0.05) is 41.4 Å². The van der Waals surface area contributed by atoms with Crippen molar-refractivity contribution >= 4 is 27.3 Å². The summed E-state index contributed by atoms with van der Waals surface area (Å²) in [4.78, 5) is 14.4. The third-order valence-electron chi connectivity index (χ3n) is 4.79. The van der Waals surface area contributed by atoms with Gasteiger partial charge >= 0.3 is 0 Å². The normalized spacial score (nSPS) is 17.5. The summed E-state index contributed by atoms with van der Waals surface area (Å²) < 4.78 is 25.5. The number of hydrogen-bond acceptors (Lipinski definition) is 3. The summed E-state index contributed by atoms with van der Waals surface area (Å²) in [6, 6.07) is 14.3. The van der Waals surface area contributed by atoms with E-state index in [1.165, 1.54) is 17.7 Å². The van der Waals surface area contributed by atoms with E-state index >= 15 is 0 Å². The van der Waals surface area contributed by atoms with Crippen LogP contribution in [0, 0.1) is 6.92 Å². The predicted octanol–water partition coefficient (Wildman–Crippen LogP) is 3.66. The van der Waals surface area contributed by atoms with Crippen LogP contribution in [0.3, 0.4) is 0 Å². The van der Waals surface area contributed by atoms with Crippen LogP contribution in [0.4, 0.5) is 0 Å². The van der Waals surface area contributed by atoms with Gasteiger partial charge in [0.1, 0.15) is 0 Å². The molecule has 138 valence electrons. The molecule has 1 saturated heterocycles. The van der Waals surface area contributed by atoms with Crippen LogP contribution in [0.5, 0.6) is 0 Å². The van der Waals surface area contributed by atoms with Gasteiger partial charge in [0.25, 0.3) is 0 Å². The molecule has 3 rings (SSSR count). The molecule has 0 spiro atoms. The first kappa shape index (κ1) is 18.9. The smallest absolute Gasteiger partial charge is 0.222 e. The third-order valence-corrected chi connectivity index (χ3v) is 7.23. The van der Waals surface area contributed by atoms with Gasteiger partial charge in [-0.25, -0.2) is 8.42 Å². The number of sulfone groups is 1. The van der Waals surface area contributed by atoms with Crippen molar-refractivity contribution in [2.45, 2.75) is 36.3 Å². The molecule has 4 nitrogen and oxygen atoms in total. The monoisotopic (exact) mass is 391 g/mol. The highest BCUT2D eigenvalue weighted by atomic mass is 35.5. The lowest BCUT2D eigenvalue weighted by Crippen LogP contribution is -2.32. The van der Waals surface area contributed by atoms with Gasteiger partial charge in [0.15, 0.2) is 9.84 Å². The average Bonchev–Trinajstić information content (AvgIpc) is 3.11. The summed E-state index contributed by atoms with van der Waals surface area (Å²) in [5, 5.41) is -0.0464. The summed E-state index contributed by atoms with van der Waals surface area (Å²) >= 11 is 5.83. The second-order valence-electron chi connectivity index (χ2n) is 6.74. The molecule has 0 bridgehead atoms. The number of rotatable bonds is 5. The quantitative estimate of drug-likeness (QED) is 0.781. The van der Waals surface area contributed by atoms with E-state index in [0.717, 1.165) is 5.56 Å². The number of benzene rings is 2. The SMILES string of the molecule is Cc1cccc(CCC(=O)N2CCC(S(=O)(=O)c3ccc(Cl)cc3)C2)c1. The van der Waals surface area contributed by atoms with Crippen LogP contribution in [0.15, 0.2) is 53.4 Å². The van der Waals surface area contributed by atoms with E-state index in [1.807, 2.05) is 25.1 Å². The van der Waals surface area contributed by atoms with Gasteiger partial charge < -0.3 is 4.90 Å². The maximum absolute atomic E-state index is 12.7. The number of halogens is 1. The van der Waals surface area contributed by atoms with Gasteiger partial charge in [0.2, 0.25) is 5.91 Å². The molecule has 2 aromatic carbocycles. The van der Waals surface area contributed by atoms with Crippen molar-refractivity contribution in [3.8, 4) is 0 Å². The zero-order valence-corrected chi connectivity index (χ0v) is 16.3. The molecule has 0 radical (unpaired) electrons. The topological polar surface area (TPSA) is 54.5 Å². The van der Waals surface area contributed by atoms with E-state index < -0.39 is 15.1 Å². The van der Waals surface area contributed by atoms with Crippen molar-refractivity contribution < 1.29 is 13.2 Å². The van der Waals surface area contributed by atoms with Crippen molar-refractivity contribution in [3.63, 3.8) is 0 Å². The van der Waals surface area contributed by atoms with E-state index in [0.29, 0.717) is 30.8 Å². The fourth-order valence-electron chi connectivity index (χ4n) is 3.30.